The van der Waals surface area contributed by atoms with Crippen molar-refractivity contribution in [3.05, 3.63) is 18.3 Å². The Morgan fingerprint density at radius 2 is 1.95 bits per heavy atom. The molecular weight excluding hydrogens is 242 g/mol. The Bertz CT molecular complexity index is 503. The SMILES string of the molecule is CN.Nc1nc(-c2ccn[nH]2)cc(N2CCCC2)n1. The minimum atomic E-state index is 0.305. The quantitative estimate of drug-likeness (QED) is 0.731. The van der Waals surface area contributed by atoms with Crippen LogP contribution in [0.2, 0.25) is 0 Å². The lowest BCUT2D eigenvalue weighted by molar-refractivity contribution is 0.931. The fraction of sp³-hybridized carbons (Fsp3) is 0.417. The third kappa shape index (κ3) is 3.00. The molecule has 1 aliphatic rings. The highest BCUT2D eigenvalue weighted by molar-refractivity contribution is 5.60. The van der Waals surface area contributed by atoms with Crippen molar-refractivity contribution < 1.29 is 0 Å². The Hall–Kier alpha value is -2.15. The van der Waals surface area contributed by atoms with E-state index in [1.54, 1.807) is 6.20 Å². The normalized spacial score (nSPS) is 14.1. The van der Waals surface area contributed by atoms with Gasteiger partial charge in [-0.15, -0.1) is 0 Å². The van der Waals surface area contributed by atoms with Crippen LogP contribution in [0.4, 0.5) is 11.8 Å². The number of rotatable bonds is 2. The van der Waals surface area contributed by atoms with Gasteiger partial charge in [0.15, 0.2) is 0 Å². The molecule has 3 rings (SSSR count). The number of hydrogen-bond donors (Lipinski definition) is 3. The van der Waals surface area contributed by atoms with Crippen molar-refractivity contribution in [2.75, 3.05) is 30.8 Å². The summed E-state index contributed by atoms with van der Waals surface area (Å²) in [7, 11) is 1.50. The van der Waals surface area contributed by atoms with Crippen LogP contribution in [-0.4, -0.2) is 40.3 Å². The van der Waals surface area contributed by atoms with E-state index < -0.39 is 0 Å². The molecule has 1 fully saturated rings. The second kappa shape index (κ2) is 6.14. The fourth-order valence-corrected chi connectivity index (χ4v) is 2.10. The maximum Gasteiger partial charge on any atom is 0.222 e. The monoisotopic (exact) mass is 261 g/mol. The van der Waals surface area contributed by atoms with Gasteiger partial charge in [-0.3, -0.25) is 5.10 Å². The Morgan fingerprint density at radius 1 is 1.21 bits per heavy atom. The number of H-pyrrole nitrogens is 1. The van der Waals surface area contributed by atoms with E-state index in [-0.39, 0.29) is 0 Å². The van der Waals surface area contributed by atoms with E-state index in [0.717, 1.165) is 30.3 Å². The zero-order valence-electron chi connectivity index (χ0n) is 11.0. The number of nitrogens with one attached hydrogen (secondary N) is 1. The molecule has 7 heteroatoms. The topological polar surface area (TPSA) is 110 Å². The first kappa shape index (κ1) is 13.3. The van der Waals surface area contributed by atoms with Gasteiger partial charge in [-0.25, -0.2) is 4.98 Å². The number of hydrogen-bond acceptors (Lipinski definition) is 6. The van der Waals surface area contributed by atoms with Gasteiger partial charge in [0.05, 0.1) is 11.4 Å². The van der Waals surface area contributed by atoms with Crippen LogP contribution in [-0.2, 0) is 0 Å². The number of nitrogens with zero attached hydrogens (tertiary/aromatic N) is 4. The number of nitrogens with two attached hydrogens (primary N) is 2. The molecule has 0 amide bonds. The summed E-state index contributed by atoms with van der Waals surface area (Å²) in [5.74, 6) is 1.21. The molecule has 0 aromatic carbocycles. The Morgan fingerprint density at radius 3 is 2.58 bits per heavy atom. The van der Waals surface area contributed by atoms with Crippen LogP contribution in [0.3, 0.4) is 0 Å². The molecule has 0 bridgehead atoms. The molecule has 2 aromatic heterocycles. The molecule has 0 spiro atoms. The van der Waals surface area contributed by atoms with Gasteiger partial charge in [0.1, 0.15) is 5.82 Å². The highest BCUT2D eigenvalue weighted by Crippen LogP contribution is 2.23. The molecule has 1 saturated heterocycles. The van der Waals surface area contributed by atoms with Crippen molar-refractivity contribution in [3.8, 4) is 11.4 Å². The van der Waals surface area contributed by atoms with E-state index in [2.05, 4.69) is 30.8 Å². The van der Waals surface area contributed by atoms with Crippen LogP contribution < -0.4 is 16.4 Å². The van der Waals surface area contributed by atoms with E-state index in [1.807, 2.05) is 12.1 Å². The Labute approximate surface area is 112 Å². The Kier molecular flexibility index (Phi) is 4.30. The van der Waals surface area contributed by atoms with Gasteiger partial charge in [-0.2, -0.15) is 10.1 Å². The average molecular weight is 261 g/mol. The van der Waals surface area contributed by atoms with Gasteiger partial charge in [0.2, 0.25) is 5.95 Å². The smallest absolute Gasteiger partial charge is 0.222 e. The third-order valence-corrected chi connectivity index (χ3v) is 2.94. The fourth-order valence-electron chi connectivity index (χ4n) is 2.10. The molecule has 102 valence electrons. The number of nitrogen functional groups attached to an aromatic ring is 1. The molecule has 7 nitrogen and oxygen atoms in total. The van der Waals surface area contributed by atoms with Gasteiger partial charge in [-0.1, -0.05) is 0 Å². The highest BCUT2D eigenvalue weighted by Gasteiger charge is 2.15. The standard InChI is InChI=1S/C11H14N6.CH5N/c12-11-14-9(8-3-4-13-16-8)7-10(15-11)17-5-1-2-6-17;1-2/h3-4,7H,1-2,5-6H2,(H,13,16)(H2,12,14,15);2H2,1H3. The van der Waals surface area contributed by atoms with E-state index in [1.165, 1.54) is 19.9 Å². The molecule has 19 heavy (non-hydrogen) atoms. The van der Waals surface area contributed by atoms with E-state index in [4.69, 9.17) is 5.73 Å². The first-order valence-electron chi connectivity index (χ1n) is 6.30. The summed E-state index contributed by atoms with van der Waals surface area (Å²) in [6.07, 6.45) is 4.12. The van der Waals surface area contributed by atoms with Crippen molar-refractivity contribution in [1.29, 1.82) is 0 Å². The summed E-state index contributed by atoms with van der Waals surface area (Å²) in [6, 6.07) is 3.82. The molecule has 2 aromatic rings. The van der Waals surface area contributed by atoms with Gasteiger partial charge in [-0.05, 0) is 26.0 Å². The predicted molar refractivity (Wildman–Crippen MR) is 75.6 cm³/mol. The van der Waals surface area contributed by atoms with Crippen LogP contribution >= 0.6 is 0 Å². The van der Waals surface area contributed by atoms with Crippen LogP contribution in [0.15, 0.2) is 18.3 Å². The van der Waals surface area contributed by atoms with Gasteiger partial charge in [0, 0.05) is 25.4 Å². The molecule has 0 aliphatic carbocycles. The summed E-state index contributed by atoms with van der Waals surface area (Å²) < 4.78 is 0. The summed E-state index contributed by atoms with van der Waals surface area (Å²) in [6.45, 7) is 2.08. The summed E-state index contributed by atoms with van der Waals surface area (Å²) in [5, 5.41) is 6.80. The summed E-state index contributed by atoms with van der Waals surface area (Å²) in [4.78, 5) is 10.7. The maximum atomic E-state index is 5.75. The molecule has 0 atom stereocenters. The first-order valence-corrected chi connectivity index (χ1v) is 6.30. The summed E-state index contributed by atoms with van der Waals surface area (Å²) in [5.41, 5.74) is 11.9. The van der Waals surface area contributed by atoms with E-state index >= 15 is 0 Å². The third-order valence-electron chi connectivity index (χ3n) is 2.94. The van der Waals surface area contributed by atoms with Crippen molar-refractivity contribution in [2.45, 2.75) is 12.8 Å². The van der Waals surface area contributed by atoms with Crippen molar-refractivity contribution in [2.24, 2.45) is 5.73 Å². The first-order chi connectivity index (χ1) is 9.33. The molecule has 0 unspecified atom stereocenters. The van der Waals surface area contributed by atoms with Gasteiger partial charge < -0.3 is 16.4 Å². The minimum absolute atomic E-state index is 0.305. The number of anilines is 2. The maximum absolute atomic E-state index is 5.75. The van der Waals surface area contributed by atoms with E-state index in [9.17, 15) is 0 Å². The van der Waals surface area contributed by atoms with Gasteiger partial charge >= 0.3 is 0 Å². The zero-order valence-corrected chi connectivity index (χ0v) is 11.0. The molecule has 0 saturated carbocycles. The second-order valence-electron chi connectivity index (χ2n) is 4.13. The number of aromatic amines is 1. The lowest BCUT2D eigenvalue weighted by atomic mass is 10.3. The minimum Gasteiger partial charge on any atom is -0.368 e. The molecular formula is C12H19N7. The van der Waals surface area contributed by atoms with Crippen LogP contribution in [0.5, 0.6) is 0 Å². The molecule has 1 aliphatic heterocycles. The second-order valence-corrected chi connectivity index (χ2v) is 4.13. The Balaban J connectivity index is 0.000000637. The van der Waals surface area contributed by atoms with Gasteiger partial charge in [0.25, 0.3) is 0 Å². The largest absolute Gasteiger partial charge is 0.368 e. The zero-order chi connectivity index (χ0) is 13.7. The van der Waals surface area contributed by atoms with Crippen molar-refractivity contribution in [3.63, 3.8) is 0 Å². The van der Waals surface area contributed by atoms with E-state index in [0.29, 0.717) is 5.95 Å². The predicted octanol–water partition coefficient (Wildman–Crippen LogP) is 0.624. The lowest BCUT2D eigenvalue weighted by Gasteiger charge is -2.16. The van der Waals surface area contributed by atoms with Crippen LogP contribution in [0.25, 0.3) is 11.4 Å². The van der Waals surface area contributed by atoms with Crippen LogP contribution in [0, 0.1) is 0 Å². The molecule has 3 heterocycles. The summed E-state index contributed by atoms with van der Waals surface area (Å²) >= 11 is 0. The van der Waals surface area contributed by atoms with Crippen molar-refractivity contribution >= 4 is 11.8 Å². The highest BCUT2D eigenvalue weighted by atomic mass is 15.2. The molecule has 0 radical (unpaired) electrons. The lowest BCUT2D eigenvalue weighted by Crippen LogP contribution is -2.19. The average Bonchev–Trinajstić information content (AvgIpc) is 3.14. The van der Waals surface area contributed by atoms with Crippen molar-refractivity contribution in [1.82, 2.24) is 20.2 Å². The number of aromatic nitrogens is 4. The van der Waals surface area contributed by atoms with Crippen LogP contribution in [0.1, 0.15) is 12.8 Å². The molecule has 5 N–H and O–H groups in total.